The number of hydrogen-bond donors (Lipinski definition) is 0. The average Bonchev–Trinajstić information content (AvgIpc) is 0.811. The maximum Gasteiger partial charge on any atom is 0 e. The molecule has 0 unspecified atom stereocenters. The van der Waals surface area contributed by atoms with Crippen molar-refractivity contribution in [3.8, 4) is 0 Å². The van der Waals surface area contributed by atoms with Crippen LogP contribution in [0.25, 0.3) is 0 Å². The molecule has 6 heavy (non-hydrogen) atoms. The fourth-order valence-corrected chi connectivity index (χ4v) is 0. The summed E-state index contributed by atoms with van der Waals surface area (Å²) in [6.45, 7) is 7.75. The maximum atomic E-state index is 3.64. The summed E-state index contributed by atoms with van der Waals surface area (Å²) in [6, 6.07) is 0. The molecule has 0 saturated heterocycles. The second kappa shape index (κ2) is 9.92. The summed E-state index contributed by atoms with van der Waals surface area (Å²) in [5, 5.41) is 0. The zero-order valence-corrected chi connectivity index (χ0v) is 10.0. The average molecular weight is 330 g/mol. The Balaban J connectivity index is -0.0000000450. The third-order valence-corrected chi connectivity index (χ3v) is 0. The van der Waals surface area contributed by atoms with Crippen LogP contribution in [0.4, 0.5) is 0 Å². The van der Waals surface area contributed by atoms with Crippen molar-refractivity contribution in [2.45, 2.75) is 13.8 Å². The molecule has 0 saturated carbocycles. The number of hydrogen-bond acceptors (Lipinski definition) is 0. The molecule has 0 bridgehead atoms. The minimum Gasteiger partial charge on any atom is -0.341 e. The molecule has 0 aliphatic rings. The van der Waals surface area contributed by atoms with Crippen LogP contribution in [0.2, 0.25) is 0 Å². The van der Waals surface area contributed by atoms with Crippen LogP contribution in [-0.2, 0) is 53.8 Å². The molecule has 0 nitrogen and oxygen atoms in total. The second-order valence-electron chi connectivity index (χ2n) is 1.39. The zero-order chi connectivity index (χ0) is 3.58. The molecule has 0 rings (SSSR count). The van der Waals surface area contributed by atoms with Crippen LogP contribution >= 0.6 is 0 Å². The van der Waals surface area contributed by atoms with Gasteiger partial charge in [-0.3, -0.25) is 0 Å². The Kier molecular flexibility index (Phi) is 25.9. The molecule has 2 heteroatoms. The Bertz CT molecular complexity index is 12.3. The summed E-state index contributed by atoms with van der Waals surface area (Å²) in [5.41, 5.74) is 0. The molecule has 0 aromatic carbocycles. The summed E-state index contributed by atoms with van der Waals surface area (Å²) in [6.07, 6.45) is 0. The predicted molar refractivity (Wildman–Crippen MR) is 20.2 cm³/mol. The second-order valence-corrected chi connectivity index (χ2v) is 1.39. The summed E-state index contributed by atoms with van der Waals surface area (Å²) in [5.74, 6) is 0.583. The Morgan fingerprint density at radius 1 is 1.33 bits per heavy atom. The summed E-state index contributed by atoms with van der Waals surface area (Å²) >= 11 is 0. The molecule has 0 N–H and O–H groups in total. The van der Waals surface area contributed by atoms with Gasteiger partial charge in [-0.2, -0.15) is 5.92 Å². The first kappa shape index (κ1) is 15.7. The van der Waals surface area contributed by atoms with Crippen molar-refractivity contribution in [2.24, 2.45) is 5.92 Å². The fourth-order valence-electron chi connectivity index (χ4n) is 0. The summed E-state index contributed by atoms with van der Waals surface area (Å²) < 4.78 is 0. The van der Waals surface area contributed by atoms with Crippen LogP contribution in [0.15, 0.2) is 0 Å². The third-order valence-electron chi connectivity index (χ3n) is 0. The molecule has 0 aliphatic heterocycles. The minimum absolute atomic E-state index is 0. The van der Waals surface area contributed by atoms with Crippen molar-refractivity contribution in [3.63, 3.8) is 0 Å². The normalized spacial score (nSPS) is 6.00. The van der Waals surface area contributed by atoms with Crippen molar-refractivity contribution in [1.82, 2.24) is 0 Å². The maximum absolute atomic E-state index is 3.64. The van der Waals surface area contributed by atoms with Gasteiger partial charge in [0.25, 0.3) is 0 Å². The molecule has 0 aromatic rings. The van der Waals surface area contributed by atoms with Crippen LogP contribution in [0, 0.1) is 12.8 Å². The van der Waals surface area contributed by atoms with Crippen LogP contribution < -0.4 is 0 Å². The summed E-state index contributed by atoms with van der Waals surface area (Å²) in [4.78, 5) is 0. The van der Waals surface area contributed by atoms with Crippen molar-refractivity contribution in [1.29, 1.82) is 0 Å². The van der Waals surface area contributed by atoms with Gasteiger partial charge < -0.3 is 6.92 Å². The van der Waals surface area contributed by atoms with Crippen LogP contribution in [0.3, 0.4) is 0 Å². The Morgan fingerprint density at radius 3 is 1.33 bits per heavy atom. The van der Waals surface area contributed by atoms with E-state index in [2.05, 4.69) is 20.8 Å². The minimum atomic E-state index is 0. The Labute approximate surface area is 79.6 Å². The van der Waals surface area contributed by atoms with E-state index in [1.54, 1.807) is 0 Å². The largest absolute Gasteiger partial charge is 0.341 e. The molecule has 0 amide bonds. The molecule has 1 radical (unpaired) electrons. The fraction of sp³-hybridized carbons (Fsp3) is 0.750. The van der Waals surface area contributed by atoms with Gasteiger partial charge in [-0.15, -0.1) is 0 Å². The van der Waals surface area contributed by atoms with E-state index in [1.165, 1.54) is 0 Å². The third kappa shape index (κ3) is 41.4. The van der Waals surface area contributed by atoms with Gasteiger partial charge in [0, 0.05) is 53.8 Å². The van der Waals surface area contributed by atoms with Crippen molar-refractivity contribution in [2.75, 3.05) is 0 Å². The molecular weight excluding hydrogens is 321 g/mol. The standard InChI is InChI=1S/C4H9.W.Y/c1-4(2)3;;/h4H,1H2,2-3H3;;/q-1;;. The molecule has 0 spiro atoms. The van der Waals surface area contributed by atoms with Gasteiger partial charge in [-0.05, 0) is 0 Å². The van der Waals surface area contributed by atoms with E-state index in [0.29, 0.717) is 5.92 Å². The Morgan fingerprint density at radius 2 is 1.33 bits per heavy atom. The van der Waals surface area contributed by atoms with E-state index in [4.69, 9.17) is 0 Å². The molecular formula is C4H9WY-. The van der Waals surface area contributed by atoms with Gasteiger partial charge in [0.05, 0.1) is 0 Å². The van der Waals surface area contributed by atoms with Gasteiger partial charge in [0.2, 0.25) is 0 Å². The molecule has 35 valence electrons. The van der Waals surface area contributed by atoms with Crippen LogP contribution in [0.5, 0.6) is 0 Å². The topological polar surface area (TPSA) is 0 Å². The van der Waals surface area contributed by atoms with E-state index < -0.39 is 0 Å². The van der Waals surface area contributed by atoms with E-state index in [-0.39, 0.29) is 53.8 Å². The monoisotopic (exact) mass is 330 g/mol. The van der Waals surface area contributed by atoms with E-state index >= 15 is 0 Å². The van der Waals surface area contributed by atoms with Gasteiger partial charge in [-0.25, -0.2) is 0 Å². The van der Waals surface area contributed by atoms with Gasteiger partial charge >= 0.3 is 0 Å². The smallest absolute Gasteiger partial charge is 0 e. The van der Waals surface area contributed by atoms with Gasteiger partial charge in [0.15, 0.2) is 0 Å². The molecule has 0 aliphatic carbocycles. The van der Waals surface area contributed by atoms with Crippen LogP contribution in [0.1, 0.15) is 13.8 Å². The van der Waals surface area contributed by atoms with E-state index in [9.17, 15) is 0 Å². The van der Waals surface area contributed by atoms with Gasteiger partial charge in [-0.1, -0.05) is 13.8 Å². The van der Waals surface area contributed by atoms with Crippen molar-refractivity contribution in [3.05, 3.63) is 6.92 Å². The van der Waals surface area contributed by atoms with E-state index in [1.807, 2.05) is 0 Å². The van der Waals surface area contributed by atoms with Crippen molar-refractivity contribution < 1.29 is 53.8 Å². The first-order valence-corrected chi connectivity index (χ1v) is 1.56. The quantitative estimate of drug-likeness (QED) is 0.590. The van der Waals surface area contributed by atoms with Crippen LogP contribution in [-0.4, -0.2) is 0 Å². The first-order valence-electron chi connectivity index (χ1n) is 1.56. The molecule has 0 aromatic heterocycles. The first-order chi connectivity index (χ1) is 1.73. The molecule has 0 heterocycles. The molecule has 0 atom stereocenters. The van der Waals surface area contributed by atoms with Gasteiger partial charge in [0.1, 0.15) is 0 Å². The van der Waals surface area contributed by atoms with E-state index in [0.717, 1.165) is 0 Å². The summed E-state index contributed by atoms with van der Waals surface area (Å²) in [7, 11) is 0. The number of rotatable bonds is 0. The Hall–Kier alpha value is 1.79. The molecule has 0 fully saturated rings. The zero-order valence-electron chi connectivity index (χ0n) is 4.27. The van der Waals surface area contributed by atoms with Crippen molar-refractivity contribution >= 4 is 0 Å². The predicted octanol–water partition coefficient (Wildman–Crippen LogP) is 1.47. The SMILES string of the molecule is [CH2-]C(C)C.[W].[Y].